The summed E-state index contributed by atoms with van der Waals surface area (Å²) in [6, 6.07) is -0.0748. The summed E-state index contributed by atoms with van der Waals surface area (Å²) in [6.45, 7) is 3.30. The first-order valence-electron chi connectivity index (χ1n) is 5.35. The van der Waals surface area contributed by atoms with E-state index in [2.05, 4.69) is 10.3 Å². The zero-order chi connectivity index (χ0) is 14.8. The van der Waals surface area contributed by atoms with E-state index >= 15 is 0 Å². The molecule has 0 fully saturated rings. The van der Waals surface area contributed by atoms with Gasteiger partial charge in [0.15, 0.2) is 5.69 Å². The summed E-state index contributed by atoms with van der Waals surface area (Å²) in [5.74, 6) is 0. The van der Waals surface area contributed by atoms with Gasteiger partial charge in [0.25, 0.3) is 0 Å². The highest BCUT2D eigenvalue weighted by Gasteiger charge is 2.39. The molecule has 1 aromatic rings. The minimum absolute atomic E-state index is 0.0748. The lowest BCUT2D eigenvalue weighted by atomic mass is 10.3. The Morgan fingerprint density at radius 2 is 1.74 bits per heavy atom. The SMILES string of the molecule is CC(C)NCc1sc(CC(F)(F)F)nc1C(F)(F)F. The van der Waals surface area contributed by atoms with Gasteiger partial charge in [0.1, 0.15) is 5.01 Å². The van der Waals surface area contributed by atoms with Crippen molar-refractivity contribution < 1.29 is 26.3 Å². The standard InChI is InChI=1S/C10H12F6N2S/c1-5(2)17-4-6-8(10(14,15)16)18-7(19-6)3-9(11,12)13/h5,17H,3-4H2,1-2H3. The molecule has 0 spiro atoms. The van der Waals surface area contributed by atoms with Crippen LogP contribution in [0.2, 0.25) is 0 Å². The van der Waals surface area contributed by atoms with E-state index in [4.69, 9.17) is 0 Å². The van der Waals surface area contributed by atoms with Crippen molar-refractivity contribution >= 4 is 11.3 Å². The Kier molecular flexibility index (Phi) is 4.83. The van der Waals surface area contributed by atoms with Crippen LogP contribution in [-0.2, 0) is 19.1 Å². The van der Waals surface area contributed by atoms with Gasteiger partial charge < -0.3 is 5.32 Å². The second-order valence-electron chi connectivity index (χ2n) is 4.20. The fourth-order valence-corrected chi connectivity index (χ4v) is 2.36. The molecule has 1 heterocycles. The lowest BCUT2D eigenvalue weighted by Crippen LogP contribution is -2.23. The van der Waals surface area contributed by atoms with Crippen molar-refractivity contribution in [2.24, 2.45) is 0 Å². The van der Waals surface area contributed by atoms with Gasteiger partial charge >= 0.3 is 12.4 Å². The van der Waals surface area contributed by atoms with Gasteiger partial charge in [0, 0.05) is 12.6 Å². The Morgan fingerprint density at radius 1 is 1.16 bits per heavy atom. The largest absolute Gasteiger partial charge is 0.434 e. The zero-order valence-corrected chi connectivity index (χ0v) is 10.9. The molecule has 0 saturated heterocycles. The summed E-state index contributed by atoms with van der Waals surface area (Å²) in [4.78, 5) is 2.86. The molecule has 0 bridgehead atoms. The molecular formula is C10H12F6N2S. The molecule has 0 atom stereocenters. The van der Waals surface area contributed by atoms with Crippen molar-refractivity contribution in [3.8, 4) is 0 Å². The van der Waals surface area contributed by atoms with E-state index in [0.717, 1.165) is 0 Å². The molecule has 0 radical (unpaired) electrons. The molecule has 0 aliphatic rings. The molecule has 110 valence electrons. The van der Waals surface area contributed by atoms with E-state index in [1.807, 2.05) is 0 Å². The third-order valence-electron chi connectivity index (χ3n) is 2.03. The van der Waals surface area contributed by atoms with Crippen LogP contribution in [-0.4, -0.2) is 17.2 Å². The average Bonchev–Trinajstić information content (AvgIpc) is 2.54. The molecule has 0 aliphatic carbocycles. The minimum Gasteiger partial charge on any atom is -0.310 e. The van der Waals surface area contributed by atoms with E-state index in [0.29, 0.717) is 11.3 Å². The number of hydrogen-bond acceptors (Lipinski definition) is 3. The van der Waals surface area contributed by atoms with E-state index in [1.54, 1.807) is 13.8 Å². The van der Waals surface area contributed by atoms with Crippen molar-refractivity contribution in [2.75, 3.05) is 0 Å². The number of alkyl halides is 6. The van der Waals surface area contributed by atoms with Gasteiger partial charge in [-0.15, -0.1) is 11.3 Å². The molecule has 1 aromatic heterocycles. The van der Waals surface area contributed by atoms with E-state index < -0.39 is 29.5 Å². The molecule has 19 heavy (non-hydrogen) atoms. The molecule has 9 heteroatoms. The molecule has 0 unspecified atom stereocenters. The summed E-state index contributed by atoms with van der Waals surface area (Å²) >= 11 is 0.442. The Morgan fingerprint density at radius 3 is 2.16 bits per heavy atom. The highest BCUT2D eigenvalue weighted by Crippen LogP contribution is 2.36. The lowest BCUT2D eigenvalue weighted by molar-refractivity contribution is -0.142. The molecule has 1 rings (SSSR count). The van der Waals surface area contributed by atoms with Crippen LogP contribution in [0.3, 0.4) is 0 Å². The molecule has 2 nitrogen and oxygen atoms in total. The predicted molar refractivity (Wildman–Crippen MR) is 58.9 cm³/mol. The Labute approximate surface area is 109 Å². The number of hydrogen-bond donors (Lipinski definition) is 1. The van der Waals surface area contributed by atoms with Crippen LogP contribution < -0.4 is 5.32 Å². The maximum absolute atomic E-state index is 12.7. The van der Waals surface area contributed by atoms with Crippen LogP contribution in [0.15, 0.2) is 0 Å². The van der Waals surface area contributed by atoms with Crippen molar-refractivity contribution in [3.63, 3.8) is 0 Å². The van der Waals surface area contributed by atoms with Crippen molar-refractivity contribution in [2.45, 2.75) is 45.2 Å². The Balaban J connectivity index is 2.99. The van der Waals surface area contributed by atoms with Gasteiger partial charge in [-0.25, -0.2) is 4.98 Å². The number of nitrogens with one attached hydrogen (secondary N) is 1. The van der Waals surface area contributed by atoms with Gasteiger partial charge in [0.05, 0.1) is 11.3 Å². The summed E-state index contributed by atoms with van der Waals surface area (Å²) in [5, 5.41) is 2.17. The van der Waals surface area contributed by atoms with Crippen LogP contribution >= 0.6 is 11.3 Å². The lowest BCUT2D eigenvalue weighted by Gasteiger charge is -2.09. The topological polar surface area (TPSA) is 24.9 Å². The quantitative estimate of drug-likeness (QED) is 0.857. The van der Waals surface area contributed by atoms with Crippen LogP contribution in [0, 0.1) is 0 Å². The maximum Gasteiger partial charge on any atom is 0.434 e. The zero-order valence-electron chi connectivity index (χ0n) is 10.1. The van der Waals surface area contributed by atoms with Gasteiger partial charge in [-0.3, -0.25) is 0 Å². The summed E-state index contributed by atoms with van der Waals surface area (Å²) < 4.78 is 74.5. The molecular weight excluding hydrogens is 294 g/mol. The molecule has 1 N–H and O–H groups in total. The molecule has 0 aromatic carbocycles. The van der Waals surface area contributed by atoms with Crippen LogP contribution in [0.1, 0.15) is 29.4 Å². The first-order valence-corrected chi connectivity index (χ1v) is 6.16. The van der Waals surface area contributed by atoms with Crippen molar-refractivity contribution in [1.29, 1.82) is 0 Å². The summed E-state index contributed by atoms with van der Waals surface area (Å²) in [6.07, 6.45) is -10.7. The number of halogens is 6. The number of thiazole rings is 1. The Bertz CT molecular complexity index is 421. The minimum atomic E-state index is -4.74. The van der Waals surface area contributed by atoms with Crippen LogP contribution in [0.5, 0.6) is 0 Å². The first-order chi connectivity index (χ1) is 8.49. The van der Waals surface area contributed by atoms with Gasteiger partial charge in [-0.1, -0.05) is 13.8 Å². The van der Waals surface area contributed by atoms with E-state index in [1.165, 1.54) is 0 Å². The van der Waals surface area contributed by atoms with Crippen LogP contribution in [0.4, 0.5) is 26.3 Å². The summed E-state index contributed by atoms with van der Waals surface area (Å²) in [5.41, 5.74) is -1.23. The summed E-state index contributed by atoms with van der Waals surface area (Å²) in [7, 11) is 0. The highest BCUT2D eigenvalue weighted by molar-refractivity contribution is 7.11. The smallest absolute Gasteiger partial charge is 0.310 e. The van der Waals surface area contributed by atoms with E-state index in [9.17, 15) is 26.3 Å². The average molecular weight is 306 g/mol. The normalized spacial score (nSPS) is 13.3. The number of nitrogens with zero attached hydrogens (tertiary/aromatic N) is 1. The predicted octanol–water partition coefficient (Wildman–Crippen LogP) is 3.76. The molecule has 0 amide bonds. The van der Waals surface area contributed by atoms with Crippen LogP contribution in [0.25, 0.3) is 0 Å². The maximum atomic E-state index is 12.7. The second kappa shape index (κ2) is 5.66. The van der Waals surface area contributed by atoms with Gasteiger partial charge in [-0.05, 0) is 0 Å². The third-order valence-corrected chi connectivity index (χ3v) is 3.09. The van der Waals surface area contributed by atoms with Gasteiger partial charge in [0.2, 0.25) is 0 Å². The number of rotatable bonds is 4. The second-order valence-corrected chi connectivity index (χ2v) is 5.37. The Hall–Kier alpha value is -0.830. The fourth-order valence-electron chi connectivity index (χ4n) is 1.29. The van der Waals surface area contributed by atoms with E-state index in [-0.39, 0.29) is 17.5 Å². The van der Waals surface area contributed by atoms with Crippen molar-refractivity contribution in [3.05, 3.63) is 15.6 Å². The number of aromatic nitrogens is 1. The van der Waals surface area contributed by atoms with Gasteiger partial charge in [-0.2, -0.15) is 26.3 Å². The first kappa shape index (κ1) is 16.2. The molecule has 0 saturated carbocycles. The monoisotopic (exact) mass is 306 g/mol. The highest BCUT2D eigenvalue weighted by atomic mass is 32.1. The fraction of sp³-hybridized carbons (Fsp3) is 0.700. The third kappa shape index (κ3) is 5.35. The molecule has 0 aliphatic heterocycles. The van der Waals surface area contributed by atoms with Crippen molar-refractivity contribution in [1.82, 2.24) is 10.3 Å².